The molecule has 3 heteroatoms. The summed E-state index contributed by atoms with van der Waals surface area (Å²) in [7, 11) is 0. The molecule has 0 aliphatic carbocycles. The number of fused-ring (bicyclic) bond motifs is 3. The Morgan fingerprint density at radius 2 is 2.12 bits per heavy atom. The molecule has 0 spiro atoms. The summed E-state index contributed by atoms with van der Waals surface area (Å²) in [4.78, 5) is 0. The molecule has 17 heavy (non-hydrogen) atoms. The first-order valence-electron chi connectivity index (χ1n) is 6.05. The van der Waals surface area contributed by atoms with E-state index in [9.17, 15) is 0 Å². The summed E-state index contributed by atoms with van der Waals surface area (Å²) < 4.78 is 7.79. The van der Waals surface area contributed by atoms with Gasteiger partial charge in [-0.2, -0.15) is 5.10 Å². The zero-order valence-corrected chi connectivity index (χ0v) is 10.2. The summed E-state index contributed by atoms with van der Waals surface area (Å²) in [6, 6.07) is 10.3. The number of hydrogen-bond acceptors (Lipinski definition) is 2. The van der Waals surface area contributed by atoms with Gasteiger partial charge >= 0.3 is 0 Å². The number of para-hydroxylation sites is 1. The number of rotatable bonds is 1. The second-order valence-electron chi connectivity index (χ2n) is 4.68. The van der Waals surface area contributed by atoms with Crippen LogP contribution >= 0.6 is 0 Å². The predicted molar refractivity (Wildman–Crippen MR) is 67.2 cm³/mol. The van der Waals surface area contributed by atoms with Crippen molar-refractivity contribution in [3.63, 3.8) is 0 Å². The maximum atomic E-state index is 5.73. The molecule has 0 N–H and O–H groups in total. The van der Waals surface area contributed by atoms with Crippen molar-refractivity contribution in [3.8, 4) is 17.0 Å². The third kappa shape index (κ3) is 1.71. The van der Waals surface area contributed by atoms with Gasteiger partial charge in [0.25, 0.3) is 0 Å². The fraction of sp³-hybridized carbons (Fsp3) is 0.357. The van der Waals surface area contributed by atoms with E-state index in [1.165, 1.54) is 5.69 Å². The average molecular weight is 228 g/mol. The quantitative estimate of drug-likeness (QED) is 0.750. The van der Waals surface area contributed by atoms with E-state index < -0.39 is 0 Å². The summed E-state index contributed by atoms with van der Waals surface area (Å²) >= 11 is 0. The second kappa shape index (κ2) is 3.91. The molecule has 0 bridgehead atoms. The van der Waals surface area contributed by atoms with Gasteiger partial charge in [-0.05, 0) is 24.1 Å². The number of hydrogen-bond donors (Lipinski definition) is 0. The predicted octanol–water partition coefficient (Wildman–Crippen LogP) is 3.07. The fourth-order valence-electron chi connectivity index (χ4n) is 2.15. The topological polar surface area (TPSA) is 27.1 Å². The minimum atomic E-state index is 0.461. The zero-order valence-electron chi connectivity index (χ0n) is 10.2. The van der Waals surface area contributed by atoms with Crippen LogP contribution in [0.15, 0.2) is 30.3 Å². The third-order valence-corrected chi connectivity index (χ3v) is 3.11. The number of benzene rings is 1. The van der Waals surface area contributed by atoms with E-state index in [-0.39, 0.29) is 0 Å². The van der Waals surface area contributed by atoms with E-state index in [1.54, 1.807) is 0 Å². The van der Waals surface area contributed by atoms with Crippen molar-refractivity contribution in [1.82, 2.24) is 9.78 Å². The number of aromatic nitrogens is 2. The summed E-state index contributed by atoms with van der Waals surface area (Å²) in [5, 5.41) is 4.65. The van der Waals surface area contributed by atoms with Crippen LogP contribution in [0.5, 0.6) is 5.75 Å². The van der Waals surface area contributed by atoms with Crippen LogP contribution in [0.3, 0.4) is 0 Å². The number of ether oxygens (including phenoxy) is 1. The molecule has 1 aromatic carbocycles. The molecule has 2 heterocycles. The fourth-order valence-corrected chi connectivity index (χ4v) is 2.15. The van der Waals surface area contributed by atoms with Crippen molar-refractivity contribution < 1.29 is 4.74 Å². The van der Waals surface area contributed by atoms with Crippen molar-refractivity contribution in [2.45, 2.75) is 26.3 Å². The van der Waals surface area contributed by atoms with Gasteiger partial charge in [0.15, 0.2) is 0 Å². The monoisotopic (exact) mass is 228 g/mol. The van der Waals surface area contributed by atoms with Crippen LogP contribution in [0, 0.1) is 0 Å². The van der Waals surface area contributed by atoms with Crippen molar-refractivity contribution in [1.29, 1.82) is 0 Å². The Kier molecular flexibility index (Phi) is 2.39. The van der Waals surface area contributed by atoms with Crippen LogP contribution in [-0.2, 0) is 6.54 Å². The molecule has 0 radical (unpaired) electrons. The highest BCUT2D eigenvalue weighted by molar-refractivity contribution is 5.68. The molecule has 88 valence electrons. The average Bonchev–Trinajstić information content (AvgIpc) is 2.67. The third-order valence-electron chi connectivity index (χ3n) is 3.11. The molecule has 0 unspecified atom stereocenters. The lowest BCUT2D eigenvalue weighted by atomic mass is 10.1. The summed E-state index contributed by atoms with van der Waals surface area (Å²) in [6.45, 7) is 5.84. The van der Waals surface area contributed by atoms with Gasteiger partial charge in [0.2, 0.25) is 0 Å². The van der Waals surface area contributed by atoms with E-state index >= 15 is 0 Å². The van der Waals surface area contributed by atoms with Gasteiger partial charge in [-0.1, -0.05) is 26.0 Å². The molecular formula is C14H16N2O. The second-order valence-corrected chi connectivity index (χ2v) is 4.68. The Morgan fingerprint density at radius 1 is 1.29 bits per heavy atom. The Hall–Kier alpha value is -1.77. The normalized spacial score (nSPS) is 13.8. The van der Waals surface area contributed by atoms with Gasteiger partial charge in [0.1, 0.15) is 12.4 Å². The highest BCUT2D eigenvalue weighted by atomic mass is 16.5. The SMILES string of the molecule is CC(C)c1cc2n(n1)CCOc1ccccc1-2. The molecule has 1 aliphatic rings. The largest absolute Gasteiger partial charge is 0.491 e. The van der Waals surface area contributed by atoms with Crippen LogP contribution < -0.4 is 4.74 Å². The van der Waals surface area contributed by atoms with Gasteiger partial charge in [0.05, 0.1) is 17.9 Å². The molecule has 2 aromatic rings. The standard InChI is InChI=1S/C14H16N2O/c1-10(2)12-9-13-11-5-3-4-6-14(11)17-8-7-16(13)15-12/h3-6,9-10H,7-8H2,1-2H3. The van der Waals surface area contributed by atoms with Gasteiger partial charge < -0.3 is 4.74 Å². The van der Waals surface area contributed by atoms with E-state index in [0.717, 1.165) is 23.6 Å². The van der Waals surface area contributed by atoms with Crippen molar-refractivity contribution in [2.24, 2.45) is 0 Å². The smallest absolute Gasteiger partial charge is 0.128 e. The first-order chi connectivity index (χ1) is 8.25. The molecule has 0 saturated heterocycles. The van der Waals surface area contributed by atoms with Crippen LogP contribution in [0.2, 0.25) is 0 Å². The Morgan fingerprint density at radius 3 is 2.94 bits per heavy atom. The first kappa shape index (κ1) is 10.4. The van der Waals surface area contributed by atoms with E-state index in [0.29, 0.717) is 12.5 Å². The van der Waals surface area contributed by atoms with E-state index in [4.69, 9.17) is 4.74 Å². The van der Waals surface area contributed by atoms with E-state index in [1.807, 2.05) is 18.2 Å². The Labute approximate surface area is 101 Å². The van der Waals surface area contributed by atoms with Crippen LogP contribution in [0.1, 0.15) is 25.5 Å². The first-order valence-corrected chi connectivity index (χ1v) is 6.05. The molecule has 1 aliphatic heterocycles. The highest BCUT2D eigenvalue weighted by Crippen LogP contribution is 2.33. The molecule has 0 saturated carbocycles. The molecule has 0 atom stereocenters. The summed E-state index contributed by atoms with van der Waals surface area (Å²) in [5.74, 6) is 1.42. The zero-order chi connectivity index (χ0) is 11.8. The molecule has 0 amide bonds. The highest BCUT2D eigenvalue weighted by Gasteiger charge is 2.18. The Balaban J connectivity index is 2.18. The lowest BCUT2D eigenvalue weighted by molar-refractivity contribution is 0.299. The molecule has 1 aromatic heterocycles. The van der Waals surface area contributed by atoms with Gasteiger partial charge in [-0.25, -0.2) is 0 Å². The molecule has 0 fully saturated rings. The minimum Gasteiger partial charge on any atom is -0.491 e. The van der Waals surface area contributed by atoms with E-state index in [2.05, 4.69) is 35.8 Å². The van der Waals surface area contributed by atoms with Crippen LogP contribution in [-0.4, -0.2) is 16.4 Å². The lowest BCUT2D eigenvalue weighted by Gasteiger charge is -2.05. The molecule has 3 nitrogen and oxygen atoms in total. The van der Waals surface area contributed by atoms with Gasteiger partial charge in [-0.15, -0.1) is 0 Å². The van der Waals surface area contributed by atoms with Crippen molar-refractivity contribution in [3.05, 3.63) is 36.0 Å². The van der Waals surface area contributed by atoms with Gasteiger partial charge in [-0.3, -0.25) is 4.68 Å². The molecular weight excluding hydrogens is 212 g/mol. The van der Waals surface area contributed by atoms with Crippen molar-refractivity contribution in [2.75, 3.05) is 6.61 Å². The van der Waals surface area contributed by atoms with Crippen LogP contribution in [0.4, 0.5) is 0 Å². The summed E-state index contributed by atoms with van der Waals surface area (Å²) in [6.07, 6.45) is 0. The summed E-state index contributed by atoms with van der Waals surface area (Å²) in [5.41, 5.74) is 3.46. The lowest BCUT2D eigenvalue weighted by Crippen LogP contribution is -2.07. The van der Waals surface area contributed by atoms with Gasteiger partial charge in [0, 0.05) is 5.56 Å². The number of nitrogens with zero attached hydrogens (tertiary/aromatic N) is 2. The Bertz CT molecular complexity index is 543. The van der Waals surface area contributed by atoms with Crippen LogP contribution in [0.25, 0.3) is 11.3 Å². The maximum absolute atomic E-state index is 5.73. The van der Waals surface area contributed by atoms with Crippen molar-refractivity contribution >= 4 is 0 Å². The minimum absolute atomic E-state index is 0.461. The maximum Gasteiger partial charge on any atom is 0.128 e. The molecule has 3 rings (SSSR count).